The number of nitrogens with one attached hydrogen (secondary N) is 2. The highest BCUT2D eigenvalue weighted by Crippen LogP contribution is 2.47. The van der Waals surface area contributed by atoms with Crippen LogP contribution in [0.3, 0.4) is 0 Å². The highest BCUT2D eigenvalue weighted by molar-refractivity contribution is 7.88. The molecule has 1 fully saturated rings. The fourth-order valence-electron chi connectivity index (χ4n) is 5.88. The van der Waals surface area contributed by atoms with Gasteiger partial charge in [-0.3, -0.25) is 19.4 Å². The summed E-state index contributed by atoms with van der Waals surface area (Å²) in [5.74, 6) is -1.67. The summed E-state index contributed by atoms with van der Waals surface area (Å²) in [4.78, 5) is 39.6. The van der Waals surface area contributed by atoms with Gasteiger partial charge in [0.25, 0.3) is 11.8 Å². The predicted molar refractivity (Wildman–Crippen MR) is 154 cm³/mol. The lowest BCUT2D eigenvalue weighted by atomic mass is 9.76. The SMILES string of the molecule is CS(=O)(=O)N[C@H]1CCCCC1N1C(=O)c2ccccc2[C@@H](C(=O)NOCC2=CCC=N2)[C@@H]1c1ccc(Cl)cc1Cl. The number of fused-ring (bicyclic) bond motifs is 1. The van der Waals surface area contributed by atoms with Crippen molar-refractivity contribution in [3.8, 4) is 0 Å². The lowest BCUT2D eigenvalue weighted by molar-refractivity contribution is -0.136. The van der Waals surface area contributed by atoms with Crippen LogP contribution in [0.25, 0.3) is 0 Å². The van der Waals surface area contributed by atoms with E-state index in [9.17, 15) is 18.0 Å². The zero-order valence-corrected chi connectivity index (χ0v) is 24.2. The molecule has 1 unspecified atom stereocenters. The topological polar surface area (TPSA) is 117 Å². The molecule has 5 rings (SSSR count). The van der Waals surface area contributed by atoms with Crippen LogP contribution in [0.15, 0.2) is 59.2 Å². The first-order valence-corrected chi connectivity index (χ1v) is 15.8. The lowest BCUT2D eigenvalue weighted by Gasteiger charge is -2.49. The van der Waals surface area contributed by atoms with Crippen molar-refractivity contribution in [1.29, 1.82) is 0 Å². The summed E-state index contributed by atoms with van der Waals surface area (Å²) in [6.45, 7) is 0.0919. The first kappa shape index (κ1) is 28.8. The largest absolute Gasteiger partial charge is 0.326 e. The molecule has 0 saturated heterocycles. The number of sulfonamides is 1. The number of allylic oxidation sites excluding steroid dienone is 1. The third kappa shape index (κ3) is 6.11. The van der Waals surface area contributed by atoms with Crippen molar-refractivity contribution >= 4 is 51.3 Å². The minimum absolute atomic E-state index is 0.0919. The van der Waals surface area contributed by atoms with E-state index >= 15 is 0 Å². The molecule has 0 bridgehead atoms. The molecule has 2 aromatic carbocycles. The van der Waals surface area contributed by atoms with E-state index in [1.807, 2.05) is 6.08 Å². The average molecular weight is 606 g/mol. The van der Waals surface area contributed by atoms with Crippen LogP contribution in [0.5, 0.6) is 0 Å². The van der Waals surface area contributed by atoms with E-state index in [0.717, 1.165) is 19.1 Å². The van der Waals surface area contributed by atoms with Crippen LogP contribution in [0, 0.1) is 0 Å². The molecule has 40 heavy (non-hydrogen) atoms. The number of amides is 2. The highest BCUT2D eigenvalue weighted by Gasteiger charge is 2.49. The van der Waals surface area contributed by atoms with Crippen molar-refractivity contribution in [2.24, 2.45) is 4.99 Å². The number of hydrogen-bond acceptors (Lipinski definition) is 6. The number of hydroxylamine groups is 1. The van der Waals surface area contributed by atoms with E-state index in [2.05, 4.69) is 15.2 Å². The van der Waals surface area contributed by atoms with Gasteiger partial charge in [-0.15, -0.1) is 0 Å². The van der Waals surface area contributed by atoms with Crippen LogP contribution >= 0.6 is 23.2 Å². The first-order chi connectivity index (χ1) is 19.1. The van der Waals surface area contributed by atoms with Gasteiger partial charge in [-0.1, -0.05) is 66.4 Å². The van der Waals surface area contributed by atoms with Gasteiger partial charge in [-0.2, -0.15) is 0 Å². The zero-order valence-electron chi connectivity index (χ0n) is 21.8. The Kier molecular flexibility index (Phi) is 8.63. The Bertz CT molecular complexity index is 1480. The minimum Gasteiger partial charge on any atom is -0.326 e. The summed E-state index contributed by atoms with van der Waals surface area (Å²) in [7, 11) is -3.57. The smallest absolute Gasteiger partial charge is 0.255 e. The number of benzene rings is 2. The molecule has 2 heterocycles. The van der Waals surface area contributed by atoms with Crippen molar-refractivity contribution in [3.63, 3.8) is 0 Å². The molecule has 1 saturated carbocycles. The summed E-state index contributed by atoms with van der Waals surface area (Å²) in [5, 5.41) is 0.703. The van der Waals surface area contributed by atoms with Gasteiger partial charge in [0.15, 0.2) is 0 Å². The molecule has 4 atom stereocenters. The van der Waals surface area contributed by atoms with Gasteiger partial charge >= 0.3 is 0 Å². The van der Waals surface area contributed by atoms with Crippen molar-refractivity contribution in [2.45, 2.75) is 56.1 Å². The Hall–Kier alpha value is -2.76. The number of nitrogens with zero attached hydrogens (tertiary/aromatic N) is 2. The number of hydrogen-bond donors (Lipinski definition) is 2. The van der Waals surface area contributed by atoms with Crippen molar-refractivity contribution in [2.75, 3.05) is 12.9 Å². The Labute approximate surface area is 243 Å². The van der Waals surface area contributed by atoms with Gasteiger partial charge in [0.1, 0.15) is 6.61 Å². The molecule has 2 aliphatic heterocycles. The monoisotopic (exact) mass is 604 g/mol. The van der Waals surface area contributed by atoms with E-state index in [1.165, 1.54) is 0 Å². The highest BCUT2D eigenvalue weighted by atomic mass is 35.5. The van der Waals surface area contributed by atoms with Gasteiger partial charge in [0.2, 0.25) is 10.0 Å². The Morgan fingerprint density at radius 3 is 2.62 bits per heavy atom. The molecule has 2 N–H and O–H groups in total. The zero-order chi connectivity index (χ0) is 28.4. The maximum absolute atomic E-state index is 14.2. The summed E-state index contributed by atoms with van der Waals surface area (Å²) in [6.07, 6.45) is 8.19. The first-order valence-electron chi connectivity index (χ1n) is 13.1. The summed E-state index contributed by atoms with van der Waals surface area (Å²) < 4.78 is 27.3. The molecule has 3 aliphatic rings. The minimum atomic E-state index is -3.57. The van der Waals surface area contributed by atoms with E-state index in [1.54, 1.807) is 53.6 Å². The summed E-state index contributed by atoms with van der Waals surface area (Å²) in [5.41, 5.74) is 4.70. The third-order valence-corrected chi connectivity index (χ3v) is 8.79. The Balaban J connectivity index is 1.61. The van der Waals surface area contributed by atoms with Crippen molar-refractivity contribution in [3.05, 3.63) is 81.0 Å². The molecule has 1 aliphatic carbocycles. The van der Waals surface area contributed by atoms with Gasteiger partial charge in [-0.25, -0.2) is 18.6 Å². The van der Waals surface area contributed by atoms with Crippen molar-refractivity contribution < 1.29 is 22.8 Å². The number of carbonyl (C=O) groups is 2. The van der Waals surface area contributed by atoms with Crippen LogP contribution in [-0.2, 0) is 19.7 Å². The Morgan fingerprint density at radius 1 is 1.12 bits per heavy atom. The molecule has 0 spiro atoms. The maximum Gasteiger partial charge on any atom is 0.255 e. The number of aliphatic imine (C=N–C) groups is 1. The van der Waals surface area contributed by atoms with Crippen LogP contribution in [0.4, 0.5) is 0 Å². The van der Waals surface area contributed by atoms with E-state index in [0.29, 0.717) is 51.7 Å². The second kappa shape index (κ2) is 12.0. The number of carbonyl (C=O) groups excluding carboxylic acids is 2. The molecular weight excluding hydrogens is 575 g/mol. The second-order valence-electron chi connectivity index (χ2n) is 10.2. The van der Waals surface area contributed by atoms with E-state index in [-0.39, 0.29) is 12.5 Å². The molecule has 212 valence electrons. The average Bonchev–Trinajstić information content (AvgIpc) is 3.42. The van der Waals surface area contributed by atoms with E-state index < -0.39 is 40.0 Å². The van der Waals surface area contributed by atoms with Crippen LogP contribution < -0.4 is 10.2 Å². The molecule has 0 radical (unpaired) electrons. The molecule has 12 heteroatoms. The Morgan fingerprint density at radius 2 is 1.90 bits per heavy atom. The van der Waals surface area contributed by atoms with Crippen LogP contribution in [-0.4, -0.2) is 56.3 Å². The van der Waals surface area contributed by atoms with Gasteiger partial charge in [0, 0.05) is 40.3 Å². The van der Waals surface area contributed by atoms with Crippen LogP contribution in [0.1, 0.15) is 65.5 Å². The maximum atomic E-state index is 14.2. The van der Waals surface area contributed by atoms with E-state index in [4.69, 9.17) is 28.0 Å². The number of rotatable bonds is 8. The normalized spacial score (nSPS) is 24.5. The van der Waals surface area contributed by atoms with Gasteiger partial charge < -0.3 is 4.90 Å². The fourth-order valence-corrected chi connectivity index (χ4v) is 7.23. The lowest BCUT2D eigenvalue weighted by Crippen LogP contribution is -2.59. The molecule has 9 nitrogen and oxygen atoms in total. The summed E-state index contributed by atoms with van der Waals surface area (Å²) in [6, 6.07) is 10.0. The van der Waals surface area contributed by atoms with Gasteiger partial charge in [0.05, 0.1) is 23.9 Å². The standard InChI is InChI=1S/C28H30Cl2N4O5S/c1-40(37,38)33-23-10-4-5-11-24(23)34-26(21-13-12-17(29)15-22(21)30)25(19-8-2-3-9-20(19)28(34)36)27(35)32-39-16-18-7-6-14-31-18/h2-3,7-9,12-15,23-26,33H,4-6,10-11,16H2,1H3,(H,32,35)/t23-,24?,25+,26-/m0/s1. The molecule has 2 amide bonds. The van der Waals surface area contributed by atoms with Crippen LogP contribution in [0.2, 0.25) is 10.0 Å². The third-order valence-electron chi connectivity index (χ3n) is 7.50. The molecule has 2 aromatic rings. The fraction of sp³-hybridized carbons (Fsp3) is 0.393. The summed E-state index contributed by atoms with van der Waals surface area (Å²) >= 11 is 12.9. The second-order valence-corrected chi connectivity index (χ2v) is 12.9. The quantitative estimate of drug-likeness (QED) is 0.429. The molecule has 0 aromatic heterocycles. The molecular formula is C28H30Cl2N4O5S. The van der Waals surface area contributed by atoms with Crippen molar-refractivity contribution in [1.82, 2.24) is 15.1 Å². The predicted octanol–water partition coefficient (Wildman–Crippen LogP) is 4.54. The van der Waals surface area contributed by atoms with Gasteiger partial charge in [-0.05, 0) is 42.2 Å². The number of halogens is 2.